The molecule has 0 radical (unpaired) electrons. The first-order valence-corrected chi connectivity index (χ1v) is 31.8. The third-order valence-corrected chi connectivity index (χ3v) is 14.4. The van der Waals surface area contributed by atoms with Gasteiger partial charge in [0.1, 0.15) is 13.2 Å². The molecule has 0 spiro atoms. The van der Waals surface area contributed by atoms with E-state index in [2.05, 4.69) is 45.1 Å². The first-order chi connectivity index (χ1) is 35.0. The van der Waals surface area contributed by atoms with Crippen molar-refractivity contribution < 1.29 is 28.6 Å². The molecule has 0 heterocycles. The van der Waals surface area contributed by atoms with Gasteiger partial charge in [-0.1, -0.05) is 289 Å². The Morgan fingerprint density at radius 3 is 0.732 bits per heavy atom. The van der Waals surface area contributed by atoms with E-state index in [0.29, 0.717) is 19.3 Å². The van der Waals surface area contributed by atoms with Crippen LogP contribution < -0.4 is 0 Å². The minimum absolute atomic E-state index is 0.0730. The molecule has 0 bridgehead atoms. The van der Waals surface area contributed by atoms with Gasteiger partial charge in [0.2, 0.25) is 0 Å². The molecule has 418 valence electrons. The summed E-state index contributed by atoms with van der Waals surface area (Å²) in [7, 11) is 0. The Bertz CT molecular complexity index is 1150. The Morgan fingerprint density at radius 2 is 0.465 bits per heavy atom. The number of carbonyl (C=O) groups excluding carboxylic acids is 3. The summed E-state index contributed by atoms with van der Waals surface area (Å²) in [4.78, 5) is 38.1. The van der Waals surface area contributed by atoms with Crippen LogP contribution in [0.2, 0.25) is 0 Å². The average Bonchev–Trinajstić information content (AvgIpc) is 3.37. The van der Waals surface area contributed by atoms with E-state index in [4.69, 9.17) is 14.2 Å². The molecule has 1 unspecified atom stereocenters. The lowest BCUT2D eigenvalue weighted by molar-refractivity contribution is -0.167. The predicted octanol–water partition coefficient (Wildman–Crippen LogP) is 21.4. The lowest BCUT2D eigenvalue weighted by atomic mass is 10.0. The van der Waals surface area contributed by atoms with Gasteiger partial charge in [-0.2, -0.15) is 0 Å². The van der Waals surface area contributed by atoms with Crippen molar-refractivity contribution in [2.24, 2.45) is 0 Å². The summed E-state index contributed by atoms with van der Waals surface area (Å²) in [6, 6.07) is 0. The summed E-state index contributed by atoms with van der Waals surface area (Å²) >= 11 is 0. The van der Waals surface area contributed by atoms with Crippen molar-refractivity contribution in [1.29, 1.82) is 0 Å². The van der Waals surface area contributed by atoms with Crippen molar-refractivity contribution in [2.45, 2.75) is 361 Å². The molecule has 0 saturated heterocycles. The Morgan fingerprint density at radius 1 is 0.268 bits per heavy atom. The second-order valence-corrected chi connectivity index (χ2v) is 21.7. The van der Waals surface area contributed by atoms with Crippen LogP contribution in [0.5, 0.6) is 0 Å². The number of hydrogen-bond acceptors (Lipinski definition) is 6. The summed E-state index contributed by atoms with van der Waals surface area (Å²) in [6.07, 6.45) is 72.1. The number of allylic oxidation sites excluding steroid dienone is 4. The maximum Gasteiger partial charge on any atom is 0.306 e. The van der Waals surface area contributed by atoms with Gasteiger partial charge in [0.25, 0.3) is 0 Å². The SMILES string of the molecule is CCCCC/C=C\CCCCCCCC(=O)OCC(COC(=O)CCCCCCCCCCCCCCCCCCCCCCCCCCCCCCC)OC(=O)CCCCCCC/C=C\CCCCC. The van der Waals surface area contributed by atoms with E-state index in [-0.39, 0.29) is 31.1 Å². The summed E-state index contributed by atoms with van der Waals surface area (Å²) in [5.74, 6) is -0.872. The molecule has 0 aromatic rings. The average molecular weight is 1000 g/mol. The highest BCUT2D eigenvalue weighted by atomic mass is 16.6. The highest BCUT2D eigenvalue weighted by molar-refractivity contribution is 5.71. The Labute approximate surface area is 443 Å². The molecule has 0 amide bonds. The van der Waals surface area contributed by atoms with Crippen LogP contribution in [0.25, 0.3) is 0 Å². The highest BCUT2D eigenvalue weighted by Gasteiger charge is 2.19. The smallest absolute Gasteiger partial charge is 0.306 e. The van der Waals surface area contributed by atoms with Crippen molar-refractivity contribution >= 4 is 17.9 Å². The van der Waals surface area contributed by atoms with Crippen LogP contribution in [0.1, 0.15) is 355 Å². The van der Waals surface area contributed by atoms with Gasteiger partial charge in [0.05, 0.1) is 0 Å². The van der Waals surface area contributed by atoms with Gasteiger partial charge in [-0.25, -0.2) is 0 Å². The number of carbonyl (C=O) groups is 3. The van der Waals surface area contributed by atoms with Crippen molar-refractivity contribution in [1.82, 2.24) is 0 Å². The zero-order chi connectivity index (χ0) is 51.4. The molecule has 0 N–H and O–H groups in total. The highest BCUT2D eigenvalue weighted by Crippen LogP contribution is 2.18. The molecular weight excluding hydrogens is 877 g/mol. The van der Waals surface area contributed by atoms with Crippen LogP contribution in [-0.2, 0) is 28.6 Å². The molecule has 6 nitrogen and oxygen atoms in total. The molecule has 0 aliphatic rings. The summed E-state index contributed by atoms with van der Waals surface area (Å²) in [6.45, 7) is 6.63. The maximum absolute atomic E-state index is 12.8. The number of hydrogen-bond donors (Lipinski definition) is 0. The van der Waals surface area contributed by atoms with E-state index in [1.54, 1.807) is 0 Å². The molecule has 71 heavy (non-hydrogen) atoms. The van der Waals surface area contributed by atoms with Crippen LogP contribution in [0.3, 0.4) is 0 Å². The standard InChI is InChI=1S/C65H122O6/c1-4-7-10-13-16-19-22-25-26-27-28-29-30-31-32-33-34-35-36-37-38-39-40-41-44-46-49-52-55-58-64(67)70-61-62(71-65(68)59-56-53-50-47-43-24-21-18-15-12-9-6-3)60-69-63(66)57-54-51-48-45-42-23-20-17-14-11-8-5-2/h17-18,20-21,62H,4-16,19,22-61H2,1-3H3/b20-17-,21-18-. The lowest BCUT2D eigenvalue weighted by Crippen LogP contribution is -2.30. The predicted molar refractivity (Wildman–Crippen MR) is 307 cm³/mol. The number of ether oxygens (including phenoxy) is 3. The number of unbranched alkanes of at least 4 members (excludes halogenated alkanes) is 44. The molecular formula is C65H122O6. The minimum atomic E-state index is -0.775. The second kappa shape index (κ2) is 60.4. The third kappa shape index (κ3) is 58.7. The second-order valence-electron chi connectivity index (χ2n) is 21.7. The van der Waals surface area contributed by atoms with E-state index in [9.17, 15) is 14.4 Å². The van der Waals surface area contributed by atoms with E-state index < -0.39 is 6.10 Å². The van der Waals surface area contributed by atoms with Gasteiger partial charge < -0.3 is 14.2 Å². The Kier molecular flexibility index (Phi) is 58.6. The fraction of sp³-hybridized carbons (Fsp3) is 0.892. The first kappa shape index (κ1) is 68.9. The van der Waals surface area contributed by atoms with Crippen molar-refractivity contribution in [3.63, 3.8) is 0 Å². The molecule has 0 rings (SSSR count). The minimum Gasteiger partial charge on any atom is -0.462 e. The lowest BCUT2D eigenvalue weighted by Gasteiger charge is -2.18. The fourth-order valence-corrected chi connectivity index (χ4v) is 9.61. The van der Waals surface area contributed by atoms with E-state index >= 15 is 0 Å². The van der Waals surface area contributed by atoms with Crippen LogP contribution in [0.15, 0.2) is 24.3 Å². The normalized spacial score (nSPS) is 12.1. The Balaban J connectivity index is 4.07. The number of esters is 3. The van der Waals surface area contributed by atoms with E-state index in [0.717, 1.165) is 70.6 Å². The molecule has 6 heteroatoms. The summed E-state index contributed by atoms with van der Waals surface area (Å²) in [5, 5.41) is 0. The molecule has 0 aliphatic carbocycles. The van der Waals surface area contributed by atoms with Crippen LogP contribution in [-0.4, -0.2) is 37.2 Å². The van der Waals surface area contributed by atoms with Gasteiger partial charge in [-0.3, -0.25) is 14.4 Å². The van der Waals surface area contributed by atoms with E-state index in [1.807, 2.05) is 0 Å². The van der Waals surface area contributed by atoms with Gasteiger partial charge >= 0.3 is 17.9 Å². The van der Waals surface area contributed by atoms with Crippen LogP contribution in [0, 0.1) is 0 Å². The van der Waals surface area contributed by atoms with Crippen molar-refractivity contribution in [2.75, 3.05) is 13.2 Å². The van der Waals surface area contributed by atoms with Gasteiger partial charge in [-0.05, 0) is 70.6 Å². The zero-order valence-corrected chi connectivity index (χ0v) is 48.0. The Hall–Kier alpha value is -2.11. The van der Waals surface area contributed by atoms with Crippen molar-refractivity contribution in [3.05, 3.63) is 24.3 Å². The zero-order valence-electron chi connectivity index (χ0n) is 48.0. The fourth-order valence-electron chi connectivity index (χ4n) is 9.61. The topological polar surface area (TPSA) is 78.9 Å². The first-order valence-electron chi connectivity index (χ1n) is 31.8. The van der Waals surface area contributed by atoms with Crippen molar-refractivity contribution in [3.8, 4) is 0 Å². The van der Waals surface area contributed by atoms with Gasteiger partial charge in [0, 0.05) is 19.3 Å². The maximum atomic E-state index is 12.8. The molecule has 0 fully saturated rings. The van der Waals surface area contributed by atoms with E-state index in [1.165, 1.54) is 244 Å². The molecule has 0 aliphatic heterocycles. The quantitative estimate of drug-likeness (QED) is 0.0261. The van der Waals surface area contributed by atoms with Crippen LogP contribution >= 0.6 is 0 Å². The molecule has 0 aromatic heterocycles. The van der Waals surface area contributed by atoms with Gasteiger partial charge in [-0.15, -0.1) is 0 Å². The van der Waals surface area contributed by atoms with Crippen LogP contribution in [0.4, 0.5) is 0 Å². The molecule has 0 aromatic carbocycles. The monoisotopic (exact) mass is 999 g/mol. The molecule has 0 saturated carbocycles. The summed E-state index contributed by atoms with van der Waals surface area (Å²) in [5.41, 5.74) is 0. The molecule has 1 atom stereocenters. The number of rotatable bonds is 59. The van der Waals surface area contributed by atoms with Gasteiger partial charge in [0.15, 0.2) is 6.10 Å². The summed E-state index contributed by atoms with van der Waals surface area (Å²) < 4.78 is 16.9. The third-order valence-electron chi connectivity index (χ3n) is 14.4. The largest absolute Gasteiger partial charge is 0.462 e.